The normalized spacial score (nSPS) is 11.7. The molecule has 0 fully saturated rings. The molecule has 0 saturated carbocycles. The number of carboxylic acid groups (broad SMARTS) is 1. The van der Waals surface area contributed by atoms with E-state index in [1.807, 2.05) is 26.0 Å². The van der Waals surface area contributed by atoms with Crippen LogP contribution in [-0.4, -0.2) is 43.2 Å². The van der Waals surface area contributed by atoms with Crippen LogP contribution in [0.4, 0.5) is 10.2 Å². The van der Waals surface area contributed by atoms with Gasteiger partial charge in [-0.2, -0.15) is 5.10 Å². The molecule has 9 nitrogen and oxygen atoms in total. The van der Waals surface area contributed by atoms with E-state index >= 15 is 0 Å². The predicted octanol–water partition coefficient (Wildman–Crippen LogP) is 4.22. The molecule has 1 unspecified atom stereocenters. The van der Waals surface area contributed by atoms with Gasteiger partial charge in [0.15, 0.2) is 5.82 Å². The van der Waals surface area contributed by atoms with E-state index < -0.39 is 23.7 Å². The molecular weight excluding hydrogens is 487 g/mol. The number of pyridine rings is 1. The maximum absolute atomic E-state index is 13.8. The molecule has 1 amide bonds. The molecule has 0 radical (unpaired) electrons. The number of aromatic nitrogens is 4. The van der Waals surface area contributed by atoms with Gasteiger partial charge in [0.1, 0.15) is 23.5 Å². The summed E-state index contributed by atoms with van der Waals surface area (Å²) in [7, 11) is 0. The van der Waals surface area contributed by atoms with E-state index in [1.165, 1.54) is 12.1 Å². The van der Waals surface area contributed by atoms with Crippen LogP contribution in [0.1, 0.15) is 45.4 Å². The van der Waals surface area contributed by atoms with Crippen molar-refractivity contribution in [3.05, 3.63) is 94.2 Å². The smallest absolute Gasteiger partial charge is 0.326 e. The number of rotatable bonds is 10. The average Bonchev–Trinajstić information content (AvgIpc) is 3.36. The minimum Gasteiger partial charge on any atom is -0.480 e. The van der Waals surface area contributed by atoms with Gasteiger partial charge in [-0.25, -0.2) is 19.2 Å². The van der Waals surface area contributed by atoms with Gasteiger partial charge in [-0.1, -0.05) is 31.2 Å². The number of benzene rings is 2. The van der Waals surface area contributed by atoms with Crippen molar-refractivity contribution in [3.8, 4) is 11.4 Å². The fourth-order valence-corrected chi connectivity index (χ4v) is 4.18. The second-order valence-corrected chi connectivity index (χ2v) is 9.05. The Bertz CT molecular complexity index is 1450. The number of halogens is 1. The van der Waals surface area contributed by atoms with Crippen LogP contribution in [0.3, 0.4) is 0 Å². The van der Waals surface area contributed by atoms with Crippen molar-refractivity contribution in [2.45, 2.75) is 46.2 Å². The highest BCUT2D eigenvalue weighted by Crippen LogP contribution is 2.19. The summed E-state index contributed by atoms with van der Waals surface area (Å²) in [6, 6.07) is 12.4. The number of carboxylic acids is 1. The zero-order valence-electron chi connectivity index (χ0n) is 21.4. The van der Waals surface area contributed by atoms with Gasteiger partial charge in [-0.05, 0) is 66.8 Å². The summed E-state index contributed by atoms with van der Waals surface area (Å²) in [5.41, 5.74) is 3.88. The van der Waals surface area contributed by atoms with Gasteiger partial charge >= 0.3 is 5.97 Å². The lowest BCUT2D eigenvalue weighted by Crippen LogP contribution is -2.42. The van der Waals surface area contributed by atoms with Gasteiger partial charge in [0, 0.05) is 23.7 Å². The Labute approximate surface area is 219 Å². The molecule has 38 heavy (non-hydrogen) atoms. The van der Waals surface area contributed by atoms with Gasteiger partial charge in [0.2, 0.25) is 0 Å². The Hall–Kier alpha value is -4.60. The van der Waals surface area contributed by atoms with Crippen LogP contribution in [0.25, 0.3) is 11.4 Å². The van der Waals surface area contributed by atoms with E-state index in [2.05, 4.69) is 30.8 Å². The van der Waals surface area contributed by atoms with Crippen LogP contribution < -0.4 is 10.6 Å². The molecule has 4 aromatic rings. The molecule has 196 valence electrons. The monoisotopic (exact) mass is 516 g/mol. The maximum Gasteiger partial charge on any atom is 0.326 e. The highest BCUT2D eigenvalue weighted by atomic mass is 19.1. The number of aromatic amines is 1. The van der Waals surface area contributed by atoms with Gasteiger partial charge in [-0.15, -0.1) is 0 Å². The topological polar surface area (TPSA) is 133 Å². The fraction of sp³-hybridized carbons (Fsp3) is 0.250. The van der Waals surface area contributed by atoms with E-state index in [1.54, 1.807) is 37.4 Å². The van der Waals surface area contributed by atoms with Crippen LogP contribution in [0, 0.1) is 19.7 Å². The Morgan fingerprint density at radius 2 is 1.87 bits per heavy atom. The van der Waals surface area contributed by atoms with E-state index in [0.29, 0.717) is 41.3 Å². The molecule has 0 aliphatic heterocycles. The highest BCUT2D eigenvalue weighted by Gasteiger charge is 2.24. The number of aliphatic carboxylic acids is 1. The zero-order valence-corrected chi connectivity index (χ0v) is 21.4. The molecule has 0 aliphatic carbocycles. The van der Waals surface area contributed by atoms with Crippen molar-refractivity contribution < 1.29 is 19.1 Å². The first-order valence-corrected chi connectivity index (χ1v) is 12.2. The molecule has 4 N–H and O–H groups in total. The van der Waals surface area contributed by atoms with Crippen LogP contribution in [0.2, 0.25) is 0 Å². The Morgan fingerprint density at radius 3 is 2.55 bits per heavy atom. The molecule has 2 aromatic carbocycles. The number of carbonyl (C=O) groups excluding carboxylic acids is 1. The number of aryl methyl sites for hydroxylation is 3. The van der Waals surface area contributed by atoms with Crippen LogP contribution in [-0.2, 0) is 24.2 Å². The molecule has 2 aromatic heterocycles. The SMILES string of the molecule is CCc1cc(F)cc(C)c1C(=O)NC(Cc1ccc(-c2n[nH]c(CNc3cc(C)ccn3)n2)cc1)C(=O)O. The van der Waals surface area contributed by atoms with Crippen molar-refractivity contribution in [2.24, 2.45) is 0 Å². The lowest BCUT2D eigenvalue weighted by molar-refractivity contribution is -0.139. The number of H-pyrrole nitrogens is 1. The molecular formula is C28H29FN6O3. The Balaban J connectivity index is 1.41. The second kappa shape index (κ2) is 11.6. The van der Waals surface area contributed by atoms with Crippen molar-refractivity contribution in [1.29, 1.82) is 0 Å². The van der Waals surface area contributed by atoms with Crippen molar-refractivity contribution in [1.82, 2.24) is 25.5 Å². The Morgan fingerprint density at radius 1 is 1.11 bits per heavy atom. The fourth-order valence-electron chi connectivity index (χ4n) is 4.18. The minimum atomic E-state index is -1.16. The summed E-state index contributed by atoms with van der Waals surface area (Å²) in [5.74, 6) is -0.228. The van der Waals surface area contributed by atoms with E-state index in [-0.39, 0.29) is 6.42 Å². The van der Waals surface area contributed by atoms with Crippen molar-refractivity contribution in [3.63, 3.8) is 0 Å². The summed E-state index contributed by atoms with van der Waals surface area (Å²) >= 11 is 0. The standard InChI is InChI=1S/C28H29FN6O3/c1-4-19-14-21(29)12-17(3)25(19)27(36)32-22(28(37)38)13-18-5-7-20(8-6-18)26-33-24(34-35-26)15-31-23-11-16(2)9-10-30-23/h5-12,14,22H,4,13,15H2,1-3H3,(H,30,31)(H,32,36)(H,37,38)(H,33,34,35). The van der Waals surface area contributed by atoms with E-state index in [0.717, 1.165) is 22.5 Å². The molecule has 0 spiro atoms. The third-order valence-electron chi connectivity index (χ3n) is 6.13. The summed E-state index contributed by atoms with van der Waals surface area (Å²) < 4.78 is 13.8. The zero-order chi connectivity index (χ0) is 27.2. The van der Waals surface area contributed by atoms with Gasteiger partial charge in [0.25, 0.3) is 5.91 Å². The van der Waals surface area contributed by atoms with E-state index in [4.69, 9.17) is 0 Å². The van der Waals surface area contributed by atoms with Crippen LogP contribution >= 0.6 is 0 Å². The molecule has 10 heteroatoms. The second-order valence-electron chi connectivity index (χ2n) is 9.05. The highest BCUT2D eigenvalue weighted by molar-refractivity contribution is 5.99. The third-order valence-corrected chi connectivity index (χ3v) is 6.13. The van der Waals surface area contributed by atoms with Crippen LogP contribution in [0.5, 0.6) is 0 Å². The average molecular weight is 517 g/mol. The largest absolute Gasteiger partial charge is 0.480 e. The molecule has 1 atom stereocenters. The van der Waals surface area contributed by atoms with Crippen LogP contribution in [0.15, 0.2) is 54.7 Å². The molecule has 2 heterocycles. The number of hydrogen-bond acceptors (Lipinski definition) is 6. The molecule has 0 saturated heterocycles. The van der Waals surface area contributed by atoms with Gasteiger partial charge in [-0.3, -0.25) is 9.89 Å². The maximum atomic E-state index is 13.8. The lowest BCUT2D eigenvalue weighted by atomic mass is 9.98. The van der Waals surface area contributed by atoms with Crippen molar-refractivity contribution >= 4 is 17.7 Å². The first-order valence-electron chi connectivity index (χ1n) is 12.2. The minimum absolute atomic E-state index is 0.0791. The first kappa shape index (κ1) is 26.5. The quantitative estimate of drug-likeness (QED) is 0.248. The third kappa shape index (κ3) is 6.39. The molecule has 0 bridgehead atoms. The molecule has 0 aliphatic rings. The first-order chi connectivity index (χ1) is 18.2. The summed E-state index contributed by atoms with van der Waals surface area (Å²) in [4.78, 5) is 33.6. The van der Waals surface area contributed by atoms with E-state index in [9.17, 15) is 19.1 Å². The number of nitrogens with one attached hydrogen (secondary N) is 3. The van der Waals surface area contributed by atoms with Crippen molar-refractivity contribution in [2.75, 3.05) is 5.32 Å². The molecule has 4 rings (SSSR count). The number of hydrogen-bond donors (Lipinski definition) is 4. The lowest BCUT2D eigenvalue weighted by Gasteiger charge is -2.17. The van der Waals surface area contributed by atoms with Gasteiger partial charge in [0.05, 0.1) is 6.54 Å². The summed E-state index contributed by atoms with van der Waals surface area (Å²) in [6.07, 6.45) is 2.26. The number of nitrogens with zero attached hydrogens (tertiary/aromatic N) is 3. The predicted molar refractivity (Wildman–Crippen MR) is 141 cm³/mol. The Kier molecular flexibility index (Phi) is 8.10. The summed E-state index contributed by atoms with van der Waals surface area (Å²) in [6.45, 7) is 5.87. The number of carbonyl (C=O) groups is 2. The van der Waals surface area contributed by atoms with Gasteiger partial charge < -0.3 is 15.7 Å². The number of amides is 1. The number of anilines is 1. The summed E-state index contributed by atoms with van der Waals surface area (Å²) in [5, 5.41) is 22.7.